The highest BCUT2D eigenvalue weighted by Crippen LogP contribution is 2.17. The van der Waals surface area contributed by atoms with Gasteiger partial charge < -0.3 is 5.32 Å². The number of nitrogens with zero attached hydrogens (tertiary/aromatic N) is 2. The molecule has 2 aromatic carbocycles. The molecule has 4 nitrogen and oxygen atoms in total. The van der Waals surface area contributed by atoms with Crippen LogP contribution in [0.15, 0.2) is 66.9 Å². The van der Waals surface area contributed by atoms with Crippen LogP contribution in [0.2, 0.25) is 0 Å². The Morgan fingerprint density at radius 3 is 2.69 bits per heavy atom. The van der Waals surface area contributed by atoms with Crippen LogP contribution >= 0.6 is 0 Å². The first-order valence-corrected chi connectivity index (χ1v) is 9.11. The molecule has 0 spiro atoms. The van der Waals surface area contributed by atoms with Crippen molar-refractivity contribution in [2.45, 2.75) is 32.9 Å². The van der Waals surface area contributed by atoms with Gasteiger partial charge in [-0.3, -0.25) is 14.7 Å². The minimum absolute atomic E-state index is 0.0205. The molecular formula is C22H25N3O. The Morgan fingerprint density at radius 2 is 1.92 bits per heavy atom. The van der Waals surface area contributed by atoms with Crippen LogP contribution in [-0.4, -0.2) is 28.4 Å². The highest BCUT2D eigenvalue weighted by molar-refractivity contribution is 5.94. The Morgan fingerprint density at radius 1 is 1.12 bits per heavy atom. The van der Waals surface area contributed by atoms with Crippen LogP contribution in [0.3, 0.4) is 0 Å². The van der Waals surface area contributed by atoms with Crippen molar-refractivity contribution < 1.29 is 4.79 Å². The number of para-hydroxylation sites is 1. The van der Waals surface area contributed by atoms with Gasteiger partial charge in [-0.2, -0.15) is 0 Å². The van der Waals surface area contributed by atoms with E-state index < -0.39 is 0 Å². The lowest BCUT2D eigenvalue weighted by Gasteiger charge is -2.28. The SMILES string of the molecule is CCCN(Cc1ccc2ncccc2c1)C(C)C(=O)Nc1ccccc1. The fraction of sp³-hybridized carbons (Fsp3) is 0.273. The largest absolute Gasteiger partial charge is 0.325 e. The number of benzene rings is 2. The van der Waals surface area contributed by atoms with E-state index in [0.29, 0.717) is 0 Å². The molecule has 4 heteroatoms. The topological polar surface area (TPSA) is 45.2 Å². The third-order valence-electron chi connectivity index (χ3n) is 4.53. The lowest BCUT2D eigenvalue weighted by molar-refractivity contribution is -0.121. The number of pyridine rings is 1. The van der Waals surface area contributed by atoms with Crippen LogP contribution in [0.25, 0.3) is 10.9 Å². The molecule has 1 unspecified atom stereocenters. The van der Waals surface area contributed by atoms with Gasteiger partial charge >= 0.3 is 0 Å². The van der Waals surface area contributed by atoms with E-state index in [1.807, 2.05) is 49.4 Å². The minimum Gasteiger partial charge on any atom is -0.325 e. The summed E-state index contributed by atoms with van der Waals surface area (Å²) in [5, 5.41) is 4.13. The van der Waals surface area contributed by atoms with E-state index in [2.05, 4.69) is 40.3 Å². The van der Waals surface area contributed by atoms with Crippen LogP contribution < -0.4 is 5.32 Å². The molecule has 1 amide bonds. The summed E-state index contributed by atoms with van der Waals surface area (Å²) in [5.41, 5.74) is 3.02. The summed E-state index contributed by atoms with van der Waals surface area (Å²) in [4.78, 5) is 19.3. The Labute approximate surface area is 154 Å². The van der Waals surface area contributed by atoms with Crippen molar-refractivity contribution in [2.24, 2.45) is 0 Å². The smallest absolute Gasteiger partial charge is 0.241 e. The van der Waals surface area contributed by atoms with Gasteiger partial charge in [-0.1, -0.05) is 37.3 Å². The zero-order valence-electron chi connectivity index (χ0n) is 15.4. The average molecular weight is 347 g/mol. The van der Waals surface area contributed by atoms with Gasteiger partial charge in [0.05, 0.1) is 11.6 Å². The fourth-order valence-corrected chi connectivity index (χ4v) is 3.09. The normalized spacial score (nSPS) is 12.3. The molecule has 3 aromatic rings. The first kappa shape index (κ1) is 18.1. The first-order chi connectivity index (χ1) is 12.7. The molecule has 0 saturated carbocycles. The Hall–Kier alpha value is -2.72. The van der Waals surface area contributed by atoms with E-state index in [-0.39, 0.29) is 11.9 Å². The lowest BCUT2D eigenvalue weighted by atomic mass is 10.1. The fourth-order valence-electron chi connectivity index (χ4n) is 3.09. The summed E-state index contributed by atoms with van der Waals surface area (Å²) >= 11 is 0. The van der Waals surface area contributed by atoms with Crippen molar-refractivity contribution in [3.05, 3.63) is 72.4 Å². The van der Waals surface area contributed by atoms with Crippen LogP contribution in [-0.2, 0) is 11.3 Å². The molecule has 0 aliphatic rings. The standard InChI is InChI=1S/C22H25N3O/c1-3-14-25(17(2)22(26)24-20-9-5-4-6-10-20)16-18-11-12-21-19(15-18)8-7-13-23-21/h4-13,15,17H,3,14,16H2,1-2H3,(H,24,26). The van der Waals surface area contributed by atoms with E-state index >= 15 is 0 Å². The first-order valence-electron chi connectivity index (χ1n) is 9.11. The van der Waals surface area contributed by atoms with E-state index in [4.69, 9.17) is 0 Å². The second-order valence-electron chi connectivity index (χ2n) is 6.53. The third-order valence-corrected chi connectivity index (χ3v) is 4.53. The summed E-state index contributed by atoms with van der Waals surface area (Å²) in [6.07, 6.45) is 2.81. The van der Waals surface area contributed by atoms with Crippen LogP contribution in [0.4, 0.5) is 5.69 Å². The van der Waals surface area contributed by atoms with Crippen molar-refractivity contribution in [2.75, 3.05) is 11.9 Å². The summed E-state index contributed by atoms with van der Waals surface area (Å²) in [5.74, 6) is 0.0205. The number of rotatable bonds is 7. The molecule has 0 bridgehead atoms. The number of carbonyl (C=O) groups excluding carboxylic acids is 1. The zero-order valence-corrected chi connectivity index (χ0v) is 15.4. The number of fused-ring (bicyclic) bond motifs is 1. The molecule has 0 fully saturated rings. The van der Waals surface area contributed by atoms with Crippen molar-refractivity contribution >= 4 is 22.5 Å². The van der Waals surface area contributed by atoms with E-state index in [1.54, 1.807) is 6.20 Å². The minimum atomic E-state index is -0.209. The molecule has 0 saturated heterocycles. The number of nitrogens with one attached hydrogen (secondary N) is 1. The van der Waals surface area contributed by atoms with Gasteiger partial charge in [-0.15, -0.1) is 0 Å². The second kappa shape index (κ2) is 8.59. The summed E-state index contributed by atoms with van der Waals surface area (Å²) in [6, 6.07) is 19.7. The highest BCUT2D eigenvalue weighted by atomic mass is 16.2. The van der Waals surface area contributed by atoms with Crippen molar-refractivity contribution in [1.82, 2.24) is 9.88 Å². The number of carbonyl (C=O) groups is 1. The summed E-state index contributed by atoms with van der Waals surface area (Å²) in [6.45, 7) is 5.71. The summed E-state index contributed by atoms with van der Waals surface area (Å²) < 4.78 is 0. The predicted molar refractivity (Wildman–Crippen MR) is 107 cm³/mol. The van der Waals surface area contributed by atoms with E-state index in [9.17, 15) is 4.79 Å². The molecule has 0 aliphatic heterocycles. The van der Waals surface area contributed by atoms with Crippen molar-refractivity contribution in [3.8, 4) is 0 Å². The molecule has 0 radical (unpaired) electrons. The summed E-state index contributed by atoms with van der Waals surface area (Å²) in [7, 11) is 0. The predicted octanol–water partition coefficient (Wildman–Crippen LogP) is 4.47. The van der Waals surface area contributed by atoms with E-state index in [0.717, 1.165) is 36.1 Å². The van der Waals surface area contributed by atoms with Gasteiger partial charge in [0.25, 0.3) is 0 Å². The number of aromatic nitrogens is 1. The van der Waals surface area contributed by atoms with Crippen LogP contribution in [0.5, 0.6) is 0 Å². The molecule has 1 atom stereocenters. The van der Waals surface area contributed by atoms with Crippen LogP contribution in [0.1, 0.15) is 25.8 Å². The maximum atomic E-state index is 12.7. The van der Waals surface area contributed by atoms with Gasteiger partial charge in [-0.25, -0.2) is 0 Å². The molecule has 1 N–H and O–H groups in total. The van der Waals surface area contributed by atoms with Crippen molar-refractivity contribution in [1.29, 1.82) is 0 Å². The van der Waals surface area contributed by atoms with Crippen molar-refractivity contribution in [3.63, 3.8) is 0 Å². The lowest BCUT2D eigenvalue weighted by Crippen LogP contribution is -2.42. The maximum Gasteiger partial charge on any atom is 0.241 e. The molecule has 1 aromatic heterocycles. The molecule has 134 valence electrons. The maximum absolute atomic E-state index is 12.7. The van der Waals surface area contributed by atoms with Gasteiger partial charge in [0.1, 0.15) is 0 Å². The Balaban J connectivity index is 1.73. The average Bonchev–Trinajstić information content (AvgIpc) is 2.67. The molecule has 0 aliphatic carbocycles. The number of amides is 1. The third kappa shape index (κ3) is 4.46. The number of anilines is 1. The highest BCUT2D eigenvalue weighted by Gasteiger charge is 2.21. The molecule has 3 rings (SSSR count). The molecule has 26 heavy (non-hydrogen) atoms. The molecular weight excluding hydrogens is 322 g/mol. The Kier molecular flexibility index (Phi) is 5.97. The van der Waals surface area contributed by atoms with Crippen LogP contribution in [0, 0.1) is 0 Å². The van der Waals surface area contributed by atoms with E-state index in [1.165, 1.54) is 5.56 Å². The zero-order chi connectivity index (χ0) is 18.4. The number of hydrogen-bond donors (Lipinski definition) is 1. The van der Waals surface area contributed by atoms with Gasteiger partial charge in [0.15, 0.2) is 0 Å². The van der Waals surface area contributed by atoms with Gasteiger partial charge in [0, 0.05) is 23.8 Å². The quantitative estimate of drug-likeness (QED) is 0.686. The number of hydrogen-bond acceptors (Lipinski definition) is 3. The Bertz CT molecular complexity index is 863. The van der Waals surface area contributed by atoms with Gasteiger partial charge in [-0.05, 0) is 55.8 Å². The second-order valence-corrected chi connectivity index (χ2v) is 6.53. The molecule has 1 heterocycles. The monoisotopic (exact) mass is 347 g/mol. The van der Waals surface area contributed by atoms with Gasteiger partial charge in [0.2, 0.25) is 5.91 Å².